The Morgan fingerprint density at radius 1 is 1.55 bits per heavy atom. The van der Waals surface area contributed by atoms with Gasteiger partial charge in [-0.25, -0.2) is 4.39 Å². The van der Waals surface area contributed by atoms with Gasteiger partial charge in [0.15, 0.2) is 6.29 Å². The first-order valence-corrected chi connectivity index (χ1v) is 3.16. The van der Waals surface area contributed by atoms with E-state index in [1.807, 2.05) is 0 Å². The monoisotopic (exact) mass is 148 g/mol. The van der Waals surface area contributed by atoms with Crippen LogP contribution in [0.5, 0.6) is 0 Å². The number of carbonyl (C=O) groups is 1. The number of rotatable bonds is 1. The molecule has 0 aliphatic heterocycles. The molecule has 0 aromatic heterocycles. The lowest BCUT2D eigenvalue weighted by molar-refractivity contribution is 0.111. The van der Waals surface area contributed by atoms with Crippen LogP contribution in [0.4, 0.5) is 4.39 Å². The van der Waals surface area contributed by atoms with Gasteiger partial charge in [-0.05, 0) is 18.6 Å². The Morgan fingerprint density at radius 3 is 2.73 bits per heavy atom. The van der Waals surface area contributed by atoms with Crippen molar-refractivity contribution < 1.29 is 9.18 Å². The molecule has 1 aromatic carbocycles. The second kappa shape index (κ2) is 2.87. The lowest BCUT2D eigenvalue weighted by Crippen LogP contribution is -2.10. The SMILES string of the molecule is [B]c1ccc(C=O)c(F)c1C. The molecule has 1 nitrogen and oxygen atoms in total. The highest BCUT2D eigenvalue weighted by molar-refractivity contribution is 6.33. The summed E-state index contributed by atoms with van der Waals surface area (Å²) in [6, 6.07) is 2.88. The van der Waals surface area contributed by atoms with E-state index < -0.39 is 5.82 Å². The highest BCUT2D eigenvalue weighted by atomic mass is 19.1. The Morgan fingerprint density at radius 2 is 2.18 bits per heavy atom. The summed E-state index contributed by atoms with van der Waals surface area (Å²) in [7, 11) is 5.39. The molecule has 0 aliphatic carbocycles. The fraction of sp³-hybridized carbons (Fsp3) is 0.125. The Kier molecular flexibility index (Phi) is 2.08. The number of hydrogen-bond acceptors (Lipinski definition) is 1. The second-order valence-electron chi connectivity index (χ2n) is 2.30. The molecule has 11 heavy (non-hydrogen) atoms. The number of aldehydes is 1. The number of halogens is 1. The molecule has 0 amide bonds. The van der Waals surface area contributed by atoms with Gasteiger partial charge < -0.3 is 0 Å². The molecule has 54 valence electrons. The van der Waals surface area contributed by atoms with Gasteiger partial charge in [-0.2, -0.15) is 0 Å². The van der Waals surface area contributed by atoms with E-state index >= 15 is 0 Å². The maximum atomic E-state index is 13.0. The Bertz CT molecular complexity index is 296. The average Bonchev–Trinajstić information content (AvgIpc) is 2.01. The van der Waals surface area contributed by atoms with Crippen molar-refractivity contribution in [2.45, 2.75) is 6.92 Å². The molecular weight excluding hydrogens is 142 g/mol. The fourth-order valence-electron chi connectivity index (χ4n) is 0.812. The Hall–Kier alpha value is -1.12. The average molecular weight is 148 g/mol. The minimum Gasteiger partial charge on any atom is -0.298 e. The summed E-state index contributed by atoms with van der Waals surface area (Å²) < 4.78 is 13.0. The van der Waals surface area contributed by atoms with Crippen LogP contribution in [0.2, 0.25) is 0 Å². The van der Waals surface area contributed by atoms with Crippen molar-refractivity contribution in [3.8, 4) is 0 Å². The van der Waals surface area contributed by atoms with Gasteiger partial charge in [-0.15, -0.1) is 0 Å². The lowest BCUT2D eigenvalue weighted by atomic mass is 9.90. The van der Waals surface area contributed by atoms with Crippen LogP contribution in [0.25, 0.3) is 0 Å². The zero-order valence-electron chi connectivity index (χ0n) is 6.10. The summed E-state index contributed by atoms with van der Waals surface area (Å²) in [5.41, 5.74) is 0.749. The molecule has 0 atom stereocenters. The van der Waals surface area contributed by atoms with E-state index in [-0.39, 0.29) is 5.56 Å². The highest BCUT2D eigenvalue weighted by Gasteiger charge is 2.04. The molecule has 0 aliphatic rings. The van der Waals surface area contributed by atoms with Crippen LogP contribution in [-0.4, -0.2) is 14.1 Å². The largest absolute Gasteiger partial charge is 0.298 e. The standard InChI is InChI=1S/C8H6BFO/c1-5-7(9)3-2-6(4-11)8(5)10/h2-4H,1H3. The van der Waals surface area contributed by atoms with Crippen LogP contribution in [-0.2, 0) is 0 Å². The Balaban J connectivity index is 3.36. The van der Waals surface area contributed by atoms with E-state index in [1.165, 1.54) is 19.1 Å². The van der Waals surface area contributed by atoms with Crippen LogP contribution in [0, 0.1) is 12.7 Å². The normalized spacial score (nSPS) is 9.64. The third kappa shape index (κ3) is 1.32. The lowest BCUT2D eigenvalue weighted by Gasteiger charge is -2.02. The van der Waals surface area contributed by atoms with Gasteiger partial charge in [0.2, 0.25) is 0 Å². The molecule has 0 N–H and O–H groups in total. The summed E-state index contributed by atoms with van der Waals surface area (Å²) in [4.78, 5) is 10.2. The van der Waals surface area contributed by atoms with Crippen molar-refractivity contribution >= 4 is 19.6 Å². The highest BCUT2D eigenvalue weighted by Crippen LogP contribution is 2.06. The summed E-state index contributed by atoms with van der Waals surface area (Å²) in [6.07, 6.45) is 0.474. The van der Waals surface area contributed by atoms with E-state index in [2.05, 4.69) is 0 Å². The molecule has 0 bridgehead atoms. The van der Waals surface area contributed by atoms with Crippen molar-refractivity contribution in [2.24, 2.45) is 0 Å². The predicted molar refractivity (Wildman–Crippen MR) is 41.9 cm³/mol. The van der Waals surface area contributed by atoms with Crippen LogP contribution < -0.4 is 5.46 Å². The van der Waals surface area contributed by atoms with Crippen molar-refractivity contribution in [1.82, 2.24) is 0 Å². The summed E-state index contributed by atoms with van der Waals surface area (Å²) in [5, 5.41) is 0. The first-order chi connectivity index (χ1) is 5.16. The molecule has 0 spiro atoms. The minimum atomic E-state index is -0.528. The van der Waals surface area contributed by atoms with Gasteiger partial charge in [0.25, 0.3) is 0 Å². The quantitative estimate of drug-likeness (QED) is 0.424. The number of carbonyl (C=O) groups excluding carboxylic acids is 1. The summed E-state index contributed by atoms with van der Waals surface area (Å²) >= 11 is 0. The molecule has 1 rings (SSSR count). The van der Waals surface area contributed by atoms with E-state index in [0.29, 0.717) is 17.3 Å². The van der Waals surface area contributed by atoms with Gasteiger partial charge >= 0.3 is 0 Å². The zero-order valence-corrected chi connectivity index (χ0v) is 6.10. The van der Waals surface area contributed by atoms with Crippen LogP contribution in [0.15, 0.2) is 12.1 Å². The Labute approximate surface area is 65.6 Å². The molecule has 1 aromatic rings. The maximum Gasteiger partial charge on any atom is 0.153 e. The number of hydrogen-bond donors (Lipinski definition) is 0. The third-order valence-corrected chi connectivity index (χ3v) is 1.59. The molecule has 3 heteroatoms. The fourth-order valence-corrected chi connectivity index (χ4v) is 0.812. The van der Waals surface area contributed by atoms with E-state index in [0.717, 1.165) is 0 Å². The maximum absolute atomic E-state index is 13.0. The minimum absolute atomic E-state index is 0.0525. The van der Waals surface area contributed by atoms with Crippen LogP contribution in [0.3, 0.4) is 0 Å². The van der Waals surface area contributed by atoms with Crippen molar-refractivity contribution in [1.29, 1.82) is 0 Å². The molecule has 0 unspecified atom stereocenters. The van der Waals surface area contributed by atoms with E-state index in [9.17, 15) is 9.18 Å². The van der Waals surface area contributed by atoms with Gasteiger partial charge in [-0.3, -0.25) is 4.79 Å². The van der Waals surface area contributed by atoms with E-state index in [4.69, 9.17) is 7.85 Å². The second-order valence-corrected chi connectivity index (χ2v) is 2.30. The van der Waals surface area contributed by atoms with Crippen LogP contribution >= 0.6 is 0 Å². The topological polar surface area (TPSA) is 17.1 Å². The first kappa shape index (κ1) is 7.99. The molecule has 0 saturated heterocycles. The molecule has 2 radical (unpaired) electrons. The van der Waals surface area contributed by atoms with Crippen molar-refractivity contribution in [3.63, 3.8) is 0 Å². The van der Waals surface area contributed by atoms with Gasteiger partial charge in [0.1, 0.15) is 13.7 Å². The third-order valence-electron chi connectivity index (χ3n) is 1.59. The van der Waals surface area contributed by atoms with Gasteiger partial charge in [-0.1, -0.05) is 11.5 Å². The number of benzene rings is 1. The first-order valence-electron chi connectivity index (χ1n) is 3.16. The van der Waals surface area contributed by atoms with Crippen LogP contribution in [0.1, 0.15) is 15.9 Å². The summed E-state index contributed by atoms with van der Waals surface area (Å²) in [5.74, 6) is -0.528. The molecular formula is C8H6BFO. The van der Waals surface area contributed by atoms with Gasteiger partial charge in [0, 0.05) is 0 Å². The summed E-state index contributed by atoms with van der Waals surface area (Å²) in [6.45, 7) is 1.54. The van der Waals surface area contributed by atoms with Gasteiger partial charge in [0.05, 0.1) is 5.56 Å². The predicted octanol–water partition coefficient (Wildman–Crippen LogP) is 0.740. The van der Waals surface area contributed by atoms with Crippen molar-refractivity contribution in [3.05, 3.63) is 29.1 Å². The smallest absolute Gasteiger partial charge is 0.153 e. The van der Waals surface area contributed by atoms with Crippen molar-refractivity contribution in [2.75, 3.05) is 0 Å². The molecule has 0 heterocycles. The van der Waals surface area contributed by atoms with E-state index in [1.54, 1.807) is 0 Å². The molecule has 0 fully saturated rings. The zero-order chi connectivity index (χ0) is 8.43. The molecule has 0 saturated carbocycles.